The van der Waals surface area contributed by atoms with Crippen molar-refractivity contribution >= 4 is 33.2 Å². The van der Waals surface area contributed by atoms with Gasteiger partial charge in [0, 0.05) is 37.4 Å². The molecule has 1 radical (unpaired) electrons. The van der Waals surface area contributed by atoms with Crippen LogP contribution in [0.3, 0.4) is 0 Å². The van der Waals surface area contributed by atoms with Crippen LogP contribution in [0.4, 0.5) is 0 Å². The first-order valence-electron chi connectivity index (χ1n) is 16.2. The molecule has 7 nitrogen and oxygen atoms in total. The molecule has 0 bridgehead atoms. The maximum absolute atomic E-state index is 6.34. The van der Waals surface area contributed by atoms with Crippen LogP contribution in [0.2, 0.25) is 0 Å². The number of rotatable bonds is 5. The second kappa shape index (κ2) is 14.2. The predicted molar refractivity (Wildman–Crippen MR) is 192 cm³/mol. The second-order valence-corrected chi connectivity index (χ2v) is 12.7. The van der Waals surface area contributed by atoms with Gasteiger partial charge in [-0.25, -0.2) is 4.98 Å². The van der Waals surface area contributed by atoms with Crippen LogP contribution in [0.5, 0.6) is 0 Å². The molecule has 8 rings (SSSR count). The van der Waals surface area contributed by atoms with Crippen molar-refractivity contribution in [1.82, 2.24) is 29.7 Å². The number of benzene rings is 4. The van der Waals surface area contributed by atoms with E-state index >= 15 is 0 Å². The number of fused-ring (bicyclic) bond motifs is 4. The Labute approximate surface area is 299 Å². The average molecular weight is 821 g/mol. The van der Waals surface area contributed by atoms with Gasteiger partial charge in [-0.1, -0.05) is 94.1 Å². The van der Waals surface area contributed by atoms with Crippen LogP contribution in [0.15, 0.2) is 102 Å². The fourth-order valence-corrected chi connectivity index (χ4v) is 6.04. The van der Waals surface area contributed by atoms with Gasteiger partial charge in [-0.05, 0) is 47.2 Å². The zero-order valence-corrected chi connectivity index (χ0v) is 30.7. The molecule has 247 valence electrons. The third kappa shape index (κ3) is 6.54. The Morgan fingerprint density at radius 2 is 1.51 bits per heavy atom. The van der Waals surface area contributed by atoms with Gasteiger partial charge in [-0.15, -0.1) is 63.8 Å². The molecule has 0 N–H and O–H groups in total. The molecule has 0 saturated carbocycles. The summed E-state index contributed by atoms with van der Waals surface area (Å²) in [5.74, 6) is 1.31. The molecular formula is C41H36IrN6O-2. The molecule has 0 aliphatic heterocycles. The van der Waals surface area contributed by atoms with Gasteiger partial charge in [0.05, 0.1) is 11.4 Å². The number of hydrogen-bond acceptors (Lipinski definition) is 6. The fraction of sp³-hybridized carbons (Fsp3) is 0.195. The number of pyridine rings is 1. The summed E-state index contributed by atoms with van der Waals surface area (Å²) in [5.41, 5.74) is 11.5. The largest absolute Gasteiger partial charge is 0.501 e. The van der Waals surface area contributed by atoms with Crippen molar-refractivity contribution in [2.45, 2.75) is 53.4 Å². The van der Waals surface area contributed by atoms with Crippen LogP contribution >= 0.6 is 0 Å². The van der Waals surface area contributed by atoms with Crippen LogP contribution < -0.4 is 0 Å². The molecule has 0 unspecified atom stereocenters. The van der Waals surface area contributed by atoms with E-state index in [1.807, 2.05) is 61.7 Å². The van der Waals surface area contributed by atoms with Crippen LogP contribution in [-0.2, 0) is 20.1 Å². The molecule has 0 spiro atoms. The van der Waals surface area contributed by atoms with Gasteiger partial charge < -0.3 is 14.0 Å². The molecule has 0 aliphatic carbocycles. The molecule has 0 saturated heterocycles. The SMILES string of the molecule is CC(C)c1cccc(C(C)C)c1-n1c(-c2[c-]ccc3c2oc2ccccc23)nc2nncnc21.Cc1c[c-]c(-c2ccc(C)cn2)cc1.[Ir]. The summed E-state index contributed by atoms with van der Waals surface area (Å²) in [5, 5.41) is 10.4. The van der Waals surface area contributed by atoms with E-state index in [4.69, 9.17) is 9.40 Å². The standard InChI is InChI=1S/C28H24N5O.C13H12N.Ir/c1-16(2)18-10-7-11-19(17(3)4)24(18)33-27(31-26-28(33)29-15-30-32-26)22-13-8-12-21-20-9-5-6-14-23(20)34-25(21)22;1-10-3-6-12(7-4-10)13-8-5-11(2)9-14-13;/h5-12,14-17H,1-4H3;3-6,8-9H,1-2H3;/q2*-1;. The van der Waals surface area contributed by atoms with Crippen molar-refractivity contribution in [2.75, 3.05) is 0 Å². The first kappa shape index (κ1) is 33.8. The van der Waals surface area contributed by atoms with Gasteiger partial charge in [0.25, 0.3) is 0 Å². The Kier molecular flexibility index (Phi) is 9.81. The molecule has 8 aromatic rings. The minimum absolute atomic E-state index is 0. The first-order valence-corrected chi connectivity index (χ1v) is 16.2. The van der Waals surface area contributed by atoms with Gasteiger partial charge in [-0.2, -0.15) is 0 Å². The molecule has 0 amide bonds. The summed E-state index contributed by atoms with van der Waals surface area (Å²) in [4.78, 5) is 13.9. The monoisotopic (exact) mass is 821 g/mol. The van der Waals surface area contributed by atoms with E-state index in [1.54, 1.807) is 0 Å². The maximum atomic E-state index is 6.34. The molecule has 8 heteroatoms. The summed E-state index contributed by atoms with van der Waals surface area (Å²) >= 11 is 0. The van der Waals surface area contributed by atoms with Crippen molar-refractivity contribution in [3.05, 3.63) is 132 Å². The first-order chi connectivity index (χ1) is 23.3. The molecule has 0 aliphatic rings. The third-order valence-electron chi connectivity index (χ3n) is 8.50. The molecule has 4 aromatic carbocycles. The second-order valence-electron chi connectivity index (χ2n) is 12.7. The minimum atomic E-state index is 0. The summed E-state index contributed by atoms with van der Waals surface area (Å²) in [6.45, 7) is 12.9. The average Bonchev–Trinajstić information content (AvgIpc) is 3.68. The van der Waals surface area contributed by atoms with Gasteiger partial charge in [0.1, 0.15) is 11.9 Å². The number of aromatic nitrogens is 6. The Morgan fingerprint density at radius 1 is 0.755 bits per heavy atom. The molecule has 0 atom stereocenters. The van der Waals surface area contributed by atoms with Crippen LogP contribution in [0.1, 0.15) is 61.8 Å². The van der Waals surface area contributed by atoms with Gasteiger partial charge in [0.2, 0.25) is 5.65 Å². The number of aryl methyl sites for hydroxylation is 2. The molecular weight excluding hydrogens is 785 g/mol. The van der Waals surface area contributed by atoms with Crippen molar-refractivity contribution < 1.29 is 24.5 Å². The van der Waals surface area contributed by atoms with Crippen molar-refractivity contribution in [2.24, 2.45) is 0 Å². The third-order valence-corrected chi connectivity index (χ3v) is 8.50. The normalized spacial score (nSPS) is 11.3. The number of para-hydroxylation sites is 2. The van der Waals surface area contributed by atoms with E-state index < -0.39 is 0 Å². The van der Waals surface area contributed by atoms with Gasteiger partial charge in [0.15, 0.2) is 5.65 Å². The smallest absolute Gasteiger partial charge is 0.210 e. The zero-order valence-electron chi connectivity index (χ0n) is 28.3. The zero-order chi connectivity index (χ0) is 33.4. The Hall–Kier alpha value is -5.04. The van der Waals surface area contributed by atoms with Crippen molar-refractivity contribution in [1.29, 1.82) is 0 Å². The summed E-state index contributed by atoms with van der Waals surface area (Å²) in [6, 6.07) is 35.3. The molecule has 4 aromatic heterocycles. The van der Waals surface area contributed by atoms with E-state index in [-0.39, 0.29) is 20.1 Å². The van der Waals surface area contributed by atoms with Crippen LogP contribution in [0.25, 0.3) is 61.6 Å². The van der Waals surface area contributed by atoms with E-state index in [0.29, 0.717) is 29.0 Å². The molecule has 0 fully saturated rings. The summed E-state index contributed by atoms with van der Waals surface area (Å²) < 4.78 is 8.46. The van der Waals surface area contributed by atoms with Crippen LogP contribution in [-0.4, -0.2) is 29.7 Å². The number of hydrogen-bond donors (Lipinski definition) is 0. The maximum Gasteiger partial charge on any atom is 0.210 e. The number of nitrogens with zero attached hydrogens (tertiary/aromatic N) is 6. The van der Waals surface area contributed by atoms with Gasteiger partial charge >= 0.3 is 0 Å². The Balaban J connectivity index is 0.000000234. The predicted octanol–water partition coefficient (Wildman–Crippen LogP) is 9.99. The molecule has 49 heavy (non-hydrogen) atoms. The quantitative estimate of drug-likeness (QED) is 0.161. The van der Waals surface area contributed by atoms with Gasteiger partial charge in [-0.3, -0.25) is 4.98 Å². The minimum Gasteiger partial charge on any atom is -0.501 e. The van der Waals surface area contributed by atoms with E-state index in [2.05, 4.69) is 108 Å². The van der Waals surface area contributed by atoms with Crippen molar-refractivity contribution in [3.8, 4) is 28.3 Å². The number of imidazole rings is 1. The van der Waals surface area contributed by atoms with Crippen LogP contribution in [0, 0.1) is 26.0 Å². The van der Waals surface area contributed by atoms with E-state index in [9.17, 15) is 0 Å². The topological polar surface area (TPSA) is 82.5 Å². The summed E-state index contributed by atoms with van der Waals surface area (Å²) in [7, 11) is 0. The van der Waals surface area contributed by atoms with E-state index in [0.717, 1.165) is 44.4 Å². The Morgan fingerprint density at radius 3 is 2.20 bits per heavy atom. The van der Waals surface area contributed by atoms with Crippen molar-refractivity contribution in [3.63, 3.8) is 0 Å². The van der Waals surface area contributed by atoms with E-state index in [1.165, 1.54) is 28.6 Å². The fourth-order valence-electron chi connectivity index (χ4n) is 6.04. The number of furan rings is 1. The Bertz CT molecular complexity index is 2300. The molecule has 4 heterocycles. The summed E-state index contributed by atoms with van der Waals surface area (Å²) in [6.07, 6.45) is 3.35.